The highest BCUT2D eigenvalue weighted by molar-refractivity contribution is 9.10. The molecule has 0 saturated heterocycles. The number of hydrogen-bond acceptors (Lipinski definition) is 1. The van der Waals surface area contributed by atoms with Crippen molar-refractivity contribution in [1.82, 2.24) is 0 Å². The van der Waals surface area contributed by atoms with Crippen molar-refractivity contribution in [3.63, 3.8) is 0 Å². The first-order valence-electron chi connectivity index (χ1n) is 6.19. The summed E-state index contributed by atoms with van der Waals surface area (Å²) in [5.74, 6) is -0.270. The zero-order valence-corrected chi connectivity index (χ0v) is 12.6. The summed E-state index contributed by atoms with van der Waals surface area (Å²) in [6.07, 6.45) is 0. The summed E-state index contributed by atoms with van der Waals surface area (Å²) in [6, 6.07) is 14.9. The van der Waals surface area contributed by atoms with E-state index >= 15 is 0 Å². The molecular formula is C16H17BrFN. The molecule has 1 unspecified atom stereocenters. The van der Waals surface area contributed by atoms with E-state index in [9.17, 15) is 4.39 Å². The van der Waals surface area contributed by atoms with Crippen molar-refractivity contribution < 1.29 is 4.39 Å². The molecule has 0 saturated carbocycles. The van der Waals surface area contributed by atoms with Gasteiger partial charge in [0.15, 0.2) is 0 Å². The number of halogens is 2. The van der Waals surface area contributed by atoms with Crippen molar-refractivity contribution >= 4 is 15.9 Å². The minimum Gasteiger partial charge on any atom is -0.323 e. The van der Waals surface area contributed by atoms with E-state index in [4.69, 9.17) is 5.73 Å². The Hall–Kier alpha value is -1.19. The van der Waals surface area contributed by atoms with Crippen LogP contribution in [0.2, 0.25) is 0 Å². The van der Waals surface area contributed by atoms with Gasteiger partial charge in [0.05, 0.1) is 4.47 Å². The van der Waals surface area contributed by atoms with E-state index in [0.29, 0.717) is 4.47 Å². The normalized spacial score (nSPS) is 13.3. The van der Waals surface area contributed by atoms with Crippen molar-refractivity contribution in [2.75, 3.05) is 0 Å². The zero-order chi connectivity index (χ0) is 14.0. The highest BCUT2D eigenvalue weighted by atomic mass is 79.9. The van der Waals surface area contributed by atoms with Gasteiger partial charge in [0.1, 0.15) is 5.82 Å². The summed E-state index contributed by atoms with van der Waals surface area (Å²) in [7, 11) is 0. The van der Waals surface area contributed by atoms with E-state index in [1.165, 1.54) is 11.6 Å². The molecule has 0 amide bonds. The second-order valence-electron chi connectivity index (χ2n) is 5.24. The lowest BCUT2D eigenvalue weighted by Crippen LogP contribution is -2.33. The SMILES string of the molecule is CC(C)(c1ccccc1)C(N)c1ccc(F)c(Br)c1. The van der Waals surface area contributed by atoms with Gasteiger partial charge in [-0.25, -0.2) is 4.39 Å². The van der Waals surface area contributed by atoms with Crippen molar-refractivity contribution in [2.24, 2.45) is 5.73 Å². The van der Waals surface area contributed by atoms with Gasteiger partial charge in [-0.2, -0.15) is 0 Å². The van der Waals surface area contributed by atoms with Crippen LogP contribution >= 0.6 is 15.9 Å². The lowest BCUT2D eigenvalue weighted by Gasteiger charge is -2.32. The van der Waals surface area contributed by atoms with E-state index in [0.717, 1.165) is 5.56 Å². The number of rotatable bonds is 3. The Bertz CT molecular complexity index is 566. The fourth-order valence-corrected chi connectivity index (χ4v) is 2.57. The second-order valence-corrected chi connectivity index (χ2v) is 6.09. The highest BCUT2D eigenvalue weighted by Gasteiger charge is 2.29. The molecule has 2 aromatic rings. The predicted molar refractivity (Wildman–Crippen MR) is 80.5 cm³/mol. The van der Waals surface area contributed by atoms with Gasteiger partial charge in [0.25, 0.3) is 0 Å². The molecule has 0 spiro atoms. The van der Waals surface area contributed by atoms with Gasteiger partial charge in [0.2, 0.25) is 0 Å². The maximum Gasteiger partial charge on any atom is 0.137 e. The molecule has 0 aliphatic rings. The molecule has 2 rings (SSSR count). The van der Waals surface area contributed by atoms with Crippen LogP contribution in [0.5, 0.6) is 0 Å². The lowest BCUT2D eigenvalue weighted by atomic mass is 9.75. The van der Waals surface area contributed by atoms with Crippen molar-refractivity contribution in [3.8, 4) is 0 Å². The zero-order valence-electron chi connectivity index (χ0n) is 11.0. The summed E-state index contributed by atoms with van der Waals surface area (Å²) in [4.78, 5) is 0. The van der Waals surface area contributed by atoms with Gasteiger partial charge in [-0.1, -0.05) is 50.2 Å². The van der Waals surface area contributed by atoms with Crippen LogP contribution in [0.4, 0.5) is 4.39 Å². The molecule has 100 valence electrons. The van der Waals surface area contributed by atoms with Crippen molar-refractivity contribution in [2.45, 2.75) is 25.3 Å². The Morgan fingerprint density at radius 2 is 1.74 bits per heavy atom. The van der Waals surface area contributed by atoms with Crippen LogP contribution in [-0.4, -0.2) is 0 Å². The summed E-state index contributed by atoms with van der Waals surface area (Å²) >= 11 is 3.21. The second kappa shape index (κ2) is 5.43. The van der Waals surface area contributed by atoms with Crippen LogP contribution in [0.3, 0.4) is 0 Å². The highest BCUT2D eigenvalue weighted by Crippen LogP contribution is 2.36. The third kappa shape index (κ3) is 2.88. The van der Waals surface area contributed by atoms with Crippen LogP contribution in [0.1, 0.15) is 31.0 Å². The quantitative estimate of drug-likeness (QED) is 0.880. The first kappa shape index (κ1) is 14.2. The number of benzene rings is 2. The Kier molecular flexibility index (Phi) is 4.07. The number of hydrogen-bond donors (Lipinski definition) is 1. The van der Waals surface area contributed by atoms with E-state index in [1.807, 2.05) is 18.2 Å². The van der Waals surface area contributed by atoms with Gasteiger partial charge < -0.3 is 5.73 Å². The summed E-state index contributed by atoms with van der Waals surface area (Å²) in [5.41, 5.74) is 8.24. The molecule has 0 aliphatic heterocycles. The molecule has 0 radical (unpaired) electrons. The molecule has 0 bridgehead atoms. The van der Waals surface area contributed by atoms with Gasteiger partial charge in [-0.3, -0.25) is 0 Å². The summed E-state index contributed by atoms with van der Waals surface area (Å²) in [6.45, 7) is 4.20. The minimum atomic E-state index is -0.270. The predicted octanol–water partition coefficient (Wildman–Crippen LogP) is 4.57. The van der Waals surface area contributed by atoms with E-state index in [2.05, 4.69) is 41.9 Å². The third-order valence-corrected chi connectivity index (χ3v) is 4.21. The third-order valence-electron chi connectivity index (χ3n) is 3.60. The van der Waals surface area contributed by atoms with E-state index in [1.54, 1.807) is 12.1 Å². The molecule has 2 aromatic carbocycles. The van der Waals surface area contributed by atoms with E-state index in [-0.39, 0.29) is 17.3 Å². The molecule has 0 heterocycles. The van der Waals surface area contributed by atoms with Crippen LogP contribution in [0.15, 0.2) is 53.0 Å². The van der Waals surface area contributed by atoms with Crippen LogP contribution < -0.4 is 5.73 Å². The van der Waals surface area contributed by atoms with Gasteiger partial charge in [-0.15, -0.1) is 0 Å². The Balaban J connectivity index is 2.37. The Labute approximate surface area is 121 Å². The average molecular weight is 322 g/mol. The Morgan fingerprint density at radius 3 is 2.32 bits per heavy atom. The summed E-state index contributed by atoms with van der Waals surface area (Å²) < 4.78 is 13.7. The van der Waals surface area contributed by atoms with Gasteiger partial charge in [0, 0.05) is 11.5 Å². The molecule has 3 heteroatoms. The number of nitrogens with two attached hydrogens (primary N) is 1. The molecule has 2 N–H and O–H groups in total. The monoisotopic (exact) mass is 321 g/mol. The van der Waals surface area contributed by atoms with Crippen molar-refractivity contribution in [1.29, 1.82) is 0 Å². The topological polar surface area (TPSA) is 26.0 Å². The van der Waals surface area contributed by atoms with Crippen LogP contribution in [-0.2, 0) is 5.41 Å². The van der Waals surface area contributed by atoms with Crippen LogP contribution in [0, 0.1) is 5.82 Å². The summed E-state index contributed by atoms with van der Waals surface area (Å²) in [5, 5.41) is 0. The molecule has 19 heavy (non-hydrogen) atoms. The largest absolute Gasteiger partial charge is 0.323 e. The lowest BCUT2D eigenvalue weighted by molar-refractivity contribution is 0.420. The Morgan fingerprint density at radius 1 is 1.11 bits per heavy atom. The molecule has 0 aliphatic carbocycles. The molecule has 0 aromatic heterocycles. The maximum absolute atomic E-state index is 13.3. The average Bonchev–Trinajstić information content (AvgIpc) is 2.42. The molecule has 1 atom stereocenters. The fraction of sp³-hybridized carbons (Fsp3) is 0.250. The fourth-order valence-electron chi connectivity index (χ4n) is 2.17. The van der Waals surface area contributed by atoms with Gasteiger partial charge in [-0.05, 0) is 39.2 Å². The smallest absolute Gasteiger partial charge is 0.137 e. The molecular weight excluding hydrogens is 305 g/mol. The van der Waals surface area contributed by atoms with E-state index < -0.39 is 0 Å². The minimum absolute atomic E-state index is 0.202. The maximum atomic E-state index is 13.3. The first-order valence-corrected chi connectivity index (χ1v) is 6.98. The van der Waals surface area contributed by atoms with Gasteiger partial charge >= 0.3 is 0 Å². The van der Waals surface area contributed by atoms with Crippen molar-refractivity contribution in [3.05, 3.63) is 69.9 Å². The standard InChI is InChI=1S/C16H17BrFN/c1-16(2,12-6-4-3-5-7-12)15(19)11-8-9-14(18)13(17)10-11/h3-10,15H,19H2,1-2H3. The molecule has 0 fully saturated rings. The first-order chi connectivity index (χ1) is 8.93. The van der Waals surface area contributed by atoms with Crippen LogP contribution in [0.25, 0.3) is 0 Å². The molecule has 1 nitrogen and oxygen atoms in total.